The van der Waals surface area contributed by atoms with Gasteiger partial charge in [-0.25, -0.2) is 0 Å². The van der Waals surface area contributed by atoms with Crippen LogP contribution in [0.5, 0.6) is 0 Å². The van der Waals surface area contributed by atoms with E-state index in [1.54, 1.807) is 7.11 Å². The zero-order valence-electron chi connectivity index (χ0n) is 10.0. The Morgan fingerprint density at radius 2 is 2.31 bits per heavy atom. The van der Waals surface area contributed by atoms with E-state index in [1.807, 2.05) is 6.92 Å². The van der Waals surface area contributed by atoms with Crippen LogP contribution in [-0.4, -0.2) is 26.3 Å². The predicted octanol–water partition coefficient (Wildman–Crippen LogP) is 2.02. The molecule has 0 aromatic heterocycles. The van der Waals surface area contributed by atoms with E-state index < -0.39 is 0 Å². The van der Waals surface area contributed by atoms with Gasteiger partial charge in [0.1, 0.15) is 12.6 Å². The lowest BCUT2D eigenvalue weighted by molar-refractivity contribution is -0.124. The van der Waals surface area contributed by atoms with E-state index in [0.717, 1.165) is 12.8 Å². The van der Waals surface area contributed by atoms with Crippen LogP contribution in [0.25, 0.3) is 0 Å². The summed E-state index contributed by atoms with van der Waals surface area (Å²) in [5.74, 6) is 1.81. The fourth-order valence-corrected chi connectivity index (χ4v) is 3.02. The van der Waals surface area contributed by atoms with Gasteiger partial charge in [-0.2, -0.15) is 0 Å². The third-order valence-electron chi connectivity index (χ3n) is 3.83. The zero-order valence-corrected chi connectivity index (χ0v) is 10.0. The minimum Gasteiger partial charge on any atom is -0.359 e. The van der Waals surface area contributed by atoms with E-state index in [0.29, 0.717) is 31.0 Å². The van der Waals surface area contributed by atoms with Crippen molar-refractivity contribution in [1.29, 1.82) is 0 Å². The lowest BCUT2D eigenvalue weighted by Crippen LogP contribution is -2.27. The van der Waals surface area contributed by atoms with Gasteiger partial charge in [-0.1, -0.05) is 19.1 Å². The average Bonchev–Trinajstić information content (AvgIpc) is 2.57. The Balaban J connectivity index is 1.96. The molecule has 0 spiro atoms. The fraction of sp³-hybridized carbons (Fsp3) is 0.769. The van der Waals surface area contributed by atoms with Crippen molar-refractivity contribution in [2.45, 2.75) is 19.8 Å². The van der Waals surface area contributed by atoms with Crippen molar-refractivity contribution in [3.05, 3.63) is 12.2 Å². The van der Waals surface area contributed by atoms with E-state index in [1.165, 1.54) is 0 Å². The Hall–Kier alpha value is -0.670. The largest absolute Gasteiger partial charge is 0.359 e. The van der Waals surface area contributed by atoms with Gasteiger partial charge in [-0.15, -0.1) is 0 Å². The van der Waals surface area contributed by atoms with Gasteiger partial charge in [0.25, 0.3) is 0 Å². The van der Waals surface area contributed by atoms with Crippen LogP contribution >= 0.6 is 0 Å². The molecule has 0 aromatic carbocycles. The van der Waals surface area contributed by atoms with Crippen LogP contribution in [0.2, 0.25) is 0 Å². The standard InChI is InChI=1S/C13H20O3/c1-9-6-12-10(7-16-8-15-2)4-3-5-11(12)13(9)14/h3-4,9-12H,5-8H2,1-2H3/t9-,10+,11+,12+/m0/s1. The van der Waals surface area contributed by atoms with Gasteiger partial charge in [-0.05, 0) is 18.8 Å². The molecule has 0 radical (unpaired) electrons. The second-order valence-corrected chi connectivity index (χ2v) is 4.91. The van der Waals surface area contributed by atoms with E-state index in [-0.39, 0.29) is 11.8 Å². The molecule has 0 amide bonds. The molecule has 2 aliphatic rings. The van der Waals surface area contributed by atoms with Crippen LogP contribution in [0, 0.1) is 23.7 Å². The van der Waals surface area contributed by atoms with Crippen LogP contribution in [0.1, 0.15) is 19.8 Å². The Labute approximate surface area is 96.8 Å². The van der Waals surface area contributed by atoms with Crippen molar-refractivity contribution < 1.29 is 14.3 Å². The summed E-state index contributed by atoms with van der Waals surface area (Å²) in [6.45, 7) is 3.06. The number of ether oxygens (including phenoxy) is 2. The number of hydrogen-bond acceptors (Lipinski definition) is 3. The molecule has 0 saturated heterocycles. The first kappa shape index (κ1) is 11.8. The lowest BCUT2D eigenvalue weighted by Gasteiger charge is -2.28. The molecule has 0 N–H and O–H groups in total. The maximum atomic E-state index is 11.9. The molecule has 0 aromatic rings. The second kappa shape index (κ2) is 5.11. The molecular formula is C13H20O3. The Kier molecular flexibility index (Phi) is 3.77. The Morgan fingerprint density at radius 3 is 3.06 bits per heavy atom. The summed E-state index contributed by atoms with van der Waals surface area (Å²) >= 11 is 0. The maximum Gasteiger partial charge on any atom is 0.146 e. The van der Waals surface area contributed by atoms with Gasteiger partial charge >= 0.3 is 0 Å². The summed E-state index contributed by atoms with van der Waals surface area (Å²) in [6.07, 6.45) is 6.30. The number of rotatable bonds is 4. The van der Waals surface area contributed by atoms with Crippen molar-refractivity contribution in [3.8, 4) is 0 Å². The summed E-state index contributed by atoms with van der Waals surface area (Å²) in [4.78, 5) is 11.9. The number of fused-ring (bicyclic) bond motifs is 1. The van der Waals surface area contributed by atoms with Crippen LogP contribution in [0.3, 0.4) is 0 Å². The SMILES string of the molecule is COCOC[C@H]1C=CC[C@H]2C(=O)[C@@H](C)C[C@H]12. The number of methoxy groups -OCH3 is 1. The van der Waals surface area contributed by atoms with Crippen molar-refractivity contribution in [3.63, 3.8) is 0 Å². The summed E-state index contributed by atoms with van der Waals surface area (Å²) in [5.41, 5.74) is 0. The number of allylic oxidation sites excluding steroid dienone is 1. The predicted molar refractivity (Wildman–Crippen MR) is 60.8 cm³/mol. The molecule has 0 bridgehead atoms. The van der Waals surface area contributed by atoms with E-state index in [2.05, 4.69) is 12.2 Å². The molecule has 3 nitrogen and oxygen atoms in total. The molecule has 2 rings (SSSR count). The number of carbonyl (C=O) groups is 1. The topological polar surface area (TPSA) is 35.5 Å². The van der Waals surface area contributed by atoms with Crippen molar-refractivity contribution in [2.24, 2.45) is 23.7 Å². The summed E-state index contributed by atoms with van der Waals surface area (Å²) in [7, 11) is 1.63. The van der Waals surface area contributed by atoms with Gasteiger partial charge in [0.2, 0.25) is 0 Å². The Morgan fingerprint density at radius 1 is 1.50 bits per heavy atom. The molecule has 3 heteroatoms. The molecule has 90 valence electrons. The molecule has 16 heavy (non-hydrogen) atoms. The highest BCUT2D eigenvalue weighted by Crippen LogP contribution is 2.43. The molecule has 4 atom stereocenters. The van der Waals surface area contributed by atoms with Crippen LogP contribution < -0.4 is 0 Å². The van der Waals surface area contributed by atoms with Gasteiger partial charge in [0.05, 0.1) is 6.61 Å². The van der Waals surface area contributed by atoms with E-state index in [4.69, 9.17) is 9.47 Å². The molecular weight excluding hydrogens is 204 g/mol. The smallest absolute Gasteiger partial charge is 0.146 e. The van der Waals surface area contributed by atoms with Crippen LogP contribution in [-0.2, 0) is 14.3 Å². The first-order valence-electron chi connectivity index (χ1n) is 6.01. The highest BCUT2D eigenvalue weighted by atomic mass is 16.7. The molecule has 2 aliphatic carbocycles. The average molecular weight is 224 g/mol. The van der Waals surface area contributed by atoms with Crippen LogP contribution in [0.15, 0.2) is 12.2 Å². The van der Waals surface area contributed by atoms with Crippen molar-refractivity contribution in [2.75, 3.05) is 20.5 Å². The van der Waals surface area contributed by atoms with Gasteiger partial charge in [0, 0.05) is 24.9 Å². The van der Waals surface area contributed by atoms with Gasteiger partial charge in [-0.3, -0.25) is 4.79 Å². The monoisotopic (exact) mass is 224 g/mol. The third-order valence-corrected chi connectivity index (χ3v) is 3.83. The molecule has 1 saturated carbocycles. The first-order valence-corrected chi connectivity index (χ1v) is 6.01. The summed E-state index contributed by atoms with van der Waals surface area (Å²) in [5, 5.41) is 0. The first-order chi connectivity index (χ1) is 7.74. The second-order valence-electron chi connectivity index (χ2n) is 4.91. The van der Waals surface area contributed by atoms with Gasteiger partial charge in [0.15, 0.2) is 0 Å². The number of ketones is 1. The normalized spacial score (nSPS) is 37.8. The molecule has 0 heterocycles. The van der Waals surface area contributed by atoms with Crippen molar-refractivity contribution >= 4 is 5.78 Å². The van der Waals surface area contributed by atoms with Crippen LogP contribution in [0.4, 0.5) is 0 Å². The molecule has 0 unspecified atom stereocenters. The highest BCUT2D eigenvalue weighted by molar-refractivity contribution is 5.86. The van der Waals surface area contributed by atoms with Gasteiger partial charge < -0.3 is 9.47 Å². The Bertz CT molecular complexity index is 285. The summed E-state index contributed by atoms with van der Waals surface area (Å²) < 4.78 is 10.3. The minimum atomic E-state index is 0.236. The number of carbonyl (C=O) groups excluding carboxylic acids is 1. The quantitative estimate of drug-likeness (QED) is 0.416. The molecule has 1 fully saturated rings. The number of hydrogen-bond donors (Lipinski definition) is 0. The van der Waals surface area contributed by atoms with E-state index in [9.17, 15) is 4.79 Å². The third kappa shape index (κ3) is 2.20. The highest BCUT2D eigenvalue weighted by Gasteiger charge is 2.43. The lowest BCUT2D eigenvalue weighted by atomic mass is 9.78. The summed E-state index contributed by atoms with van der Waals surface area (Å²) in [6, 6.07) is 0. The fourth-order valence-electron chi connectivity index (χ4n) is 3.02. The minimum absolute atomic E-state index is 0.236. The van der Waals surface area contributed by atoms with Crippen molar-refractivity contribution in [1.82, 2.24) is 0 Å². The molecule has 0 aliphatic heterocycles. The maximum absolute atomic E-state index is 11.9. The van der Waals surface area contributed by atoms with E-state index >= 15 is 0 Å². The zero-order chi connectivity index (χ0) is 11.5. The number of Topliss-reactive ketones (excluding diaryl/α,β-unsaturated/α-hetero) is 1.